The van der Waals surface area contributed by atoms with Gasteiger partial charge in [0.2, 0.25) is 0 Å². The summed E-state index contributed by atoms with van der Waals surface area (Å²) in [6, 6.07) is 3.26. The van der Waals surface area contributed by atoms with Crippen LogP contribution in [0.4, 0.5) is 4.39 Å². The van der Waals surface area contributed by atoms with Gasteiger partial charge in [-0.15, -0.1) is 11.6 Å². The molecule has 2 N–H and O–H groups in total. The molecular formula is C12H15ClFNO2. The van der Waals surface area contributed by atoms with E-state index in [9.17, 15) is 14.3 Å². The number of amides is 1. The maximum atomic E-state index is 12.7. The third-order valence-corrected chi connectivity index (χ3v) is 2.66. The highest BCUT2D eigenvalue weighted by Crippen LogP contribution is 2.17. The number of hydrogen-bond acceptors (Lipinski definition) is 2. The normalized spacial score (nSPS) is 12.2. The van der Waals surface area contributed by atoms with Gasteiger partial charge in [0, 0.05) is 12.6 Å². The molecule has 0 aromatic heterocycles. The Morgan fingerprint density at radius 3 is 2.88 bits per heavy atom. The number of carbonyl (C=O) groups excluding carboxylic acids is 1. The molecule has 1 unspecified atom stereocenters. The van der Waals surface area contributed by atoms with Crippen molar-refractivity contribution in [3.05, 3.63) is 29.6 Å². The number of phenols is 1. The highest BCUT2D eigenvalue weighted by Gasteiger charge is 2.12. The van der Waals surface area contributed by atoms with Crippen LogP contribution in [0.1, 0.15) is 30.1 Å². The number of benzene rings is 1. The van der Waals surface area contributed by atoms with Crippen LogP contribution in [-0.4, -0.2) is 22.9 Å². The van der Waals surface area contributed by atoms with Crippen molar-refractivity contribution in [3.8, 4) is 5.75 Å². The molecule has 0 spiro atoms. The molecule has 0 aliphatic carbocycles. The van der Waals surface area contributed by atoms with Crippen LogP contribution in [0.15, 0.2) is 18.2 Å². The zero-order chi connectivity index (χ0) is 12.8. The van der Waals surface area contributed by atoms with Gasteiger partial charge in [-0.05, 0) is 18.6 Å². The number of rotatable bonds is 5. The fourth-order valence-electron chi connectivity index (χ4n) is 1.41. The average molecular weight is 260 g/mol. The van der Waals surface area contributed by atoms with E-state index < -0.39 is 11.7 Å². The first kappa shape index (κ1) is 13.8. The van der Waals surface area contributed by atoms with Crippen molar-refractivity contribution in [1.29, 1.82) is 0 Å². The largest absolute Gasteiger partial charge is 0.507 e. The molecule has 1 aromatic carbocycles. The molecule has 1 rings (SSSR count). The zero-order valence-corrected chi connectivity index (χ0v) is 10.3. The van der Waals surface area contributed by atoms with Crippen molar-refractivity contribution in [3.63, 3.8) is 0 Å². The maximum absolute atomic E-state index is 12.7. The standard InChI is InChI=1S/C12H15ClFNO2/c1-2-3-8(13)7-15-12(17)10-5-4-9(14)6-11(10)16/h4-6,8,16H,2-3,7H2,1H3,(H,15,17). The van der Waals surface area contributed by atoms with Gasteiger partial charge in [0.25, 0.3) is 5.91 Å². The highest BCUT2D eigenvalue weighted by atomic mass is 35.5. The molecule has 17 heavy (non-hydrogen) atoms. The van der Waals surface area contributed by atoms with Gasteiger partial charge < -0.3 is 10.4 Å². The summed E-state index contributed by atoms with van der Waals surface area (Å²) < 4.78 is 12.7. The lowest BCUT2D eigenvalue weighted by Crippen LogP contribution is -2.29. The lowest BCUT2D eigenvalue weighted by atomic mass is 10.1. The van der Waals surface area contributed by atoms with E-state index in [2.05, 4.69) is 5.32 Å². The Bertz CT molecular complexity index is 398. The van der Waals surface area contributed by atoms with E-state index in [1.807, 2.05) is 6.92 Å². The summed E-state index contributed by atoms with van der Waals surface area (Å²) in [4.78, 5) is 11.6. The third kappa shape index (κ3) is 4.23. The number of carbonyl (C=O) groups is 1. The van der Waals surface area contributed by atoms with Crippen LogP contribution in [0.25, 0.3) is 0 Å². The number of aromatic hydroxyl groups is 1. The van der Waals surface area contributed by atoms with E-state index in [0.29, 0.717) is 6.54 Å². The van der Waals surface area contributed by atoms with Crippen molar-refractivity contribution in [2.24, 2.45) is 0 Å². The molecule has 0 saturated carbocycles. The fourth-order valence-corrected chi connectivity index (χ4v) is 1.71. The molecule has 0 saturated heterocycles. The van der Waals surface area contributed by atoms with Crippen molar-refractivity contribution in [2.75, 3.05) is 6.54 Å². The molecular weight excluding hydrogens is 245 g/mol. The molecule has 0 aliphatic heterocycles. The Hall–Kier alpha value is -1.29. The summed E-state index contributed by atoms with van der Waals surface area (Å²) in [5, 5.41) is 11.9. The second-order valence-electron chi connectivity index (χ2n) is 3.76. The number of nitrogens with one attached hydrogen (secondary N) is 1. The van der Waals surface area contributed by atoms with E-state index in [1.165, 1.54) is 6.07 Å². The predicted molar refractivity (Wildman–Crippen MR) is 64.9 cm³/mol. The molecule has 5 heteroatoms. The summed E-state index contributed by atoms with van der Waals surface area (Å²) in [5.41, 5.74) is 0.0479. The first-order valence-electron chi connectivity index (χ1n) is 5.45. The van der Waals surface area contributed by atoms with E-state index >= 15 is 0 Å². The Balaban J connectivity index is 2.58. The molecule has 0 fully saturated rings. The Labute approximate surface area is 105 Å². The van der Waals surface area contributed by atoms with Gasteiger partial charge in [0.1, 0.15) is 11.6 Å². The van der Waals surface area contributed by atoms with Gasteiger partial charge in [0.15, 0.2) is 0 Å². The van der Waals surface area contributed by atoms with Crippen LogP contribution < -0.4 is 5.32 Å². The first-order valence-corrected chi connectivity index (χ1v) is 5.89. The van der Waals surface area contributed by atoms with Crippen LogP contribution in [0.5, 0.6) is 5.75 Å². The Kier molecular flexibility index (Phi) is 5.22. The van der Waals surface area contributed by atoms with Crippen LogP contribution >= 0.6 is 11.6 Å². The lowest BCUT2D eigenvalue weighted by Gasteiger charge is -2.10. The van der Waals surface area contributed by atoms with Gasteiger partial charge in [0.05, 0.1) is 10.9 Å². The smallest absolute Gasteiger partial charge is 0.255 e. The second-order valence-corrected chi connectivity index (χ2v) is 4.37. The summed E-state index contributed by atoms with van der Waals surface area (Å²) in [6.45, 7) is 2.33. The van der Waals surface area contributed by atoms with Crippen molar-refractivity contribution in [2.45, 2.75) is 25.1 Å². The summed E-state index contributed by atoms with van der Waals surface area (Å²) >= 11 is 5.94. The number of alkyl halides is 1. The van der Waals surface area contributed by atoms with E-state index in [4.69, 9.17) is 11.6 Å². The lowest BCUT2D eigenvalue weighted by molar-refractivity contribution is 0.0950. The number of halogens is 2. The van der Waals surface area contributed by atoms with Crippen molar-refractivity contribution < 1.29 is 14.3 Å². The quantitative estimate of drug-likeness (QED) is 0.799. The molecule has 0 aliphatic rings. The SMILES string of the molecule is CCCC(Cl)CNC(=O)c1ccc(F)cc1O. The summed E-state index contributed by atoms with van der Waals surface area (Å²) in [6.07, 6.45) is 1.74. The van der Waals surface area contributed by atoms with Crippen LogP contribution in [0.3, 0.4) is 0 Å². The fraction of sp³-hybridized carbons (Fsp3) is 0.417. The van der Waals surface area contributed by atoms with Crippen LogP contribution in [0.2, 0.25) is 0 Å². The Morgan fingerprint density at radius 2 is 2.29 bits per heavy atom. The van der Waals surface area contributed by atoms with Gasteiger partial charge in [-0.2, -0.15) is 0 Å². The minimum absolute atomic E-state index is 0.0479. The van der Waals surface area contributed by atoms with Crippen molar-refractivity contribution >= 4 is 17.5 Å². The van der Waals surface area contributed by atoms with E-state index in [0.717, 1.165) is 25.0 Å². The summed E-state index contributed by atoms with van der Waals surface area (Å²) in [5.74, 6) is -1.41. The second kappa shape index (κ2) is 6.45. The molecule has 1 atom stereocenters. The molecule has 94 valence electrons. The minimum Gasteiger partial charge on any atom is -0.507 e. The summed E-state index contributed by atoms with van der Waals surface area (Å²) in [7, 11) is 0. The van der Waals surface area contributed by atoms with E-state index in [1.54, 1.807) is 0 Å². The molecule has 1 amide bonds. The number of phenolic OH excluding ortho intramolecular Hbond substituents is 1. The van der Waals surface area contributed by atoms with Gasteiger partial charge in [-0.25, -0.2) is 4.39 Å². The van der Waals surface area contributed by atoms with Gasteiger partial charge >= 0.3 is 0 Å². The number of hydrogen-bond donors (Lipinski definition) is 2. The van der Waals surface area contributed by atoms with Crippen molar-refractivity contribution in [1.82, 2.24) is 5.32 Å². The Morgan fingerprint density at radius 1 is 1.59 bits per heavy atom. The molecule has 3 nitrogen and oxygen atoms in total. The van der Waals surface area contributed by atoms with Gasteiger partial charge in [-0.3, -0.25) is 4.79 Å². The topological polar surface area (TPSA) is 49.3 Å². The third-order valence-electron chi connectivity index (χ3n) is 2.29. The predicted octanol–water partition coefficient (Wildman–Crippen LogP) is 2.67. The van der Waals surface area contributed by atoms with Gasteiger partial charge in [-0.1, -0.05) is 13.3 Å². The molecule has 0 bridgehead atoms. The monoisotopic (exact) mass is 259 g/mol. The van der Waals surface area contributed by atoms with Crippen LogP contribution in [0, 0.1) is 5.82 Å². The maximum Gasteiger partial charge on any atom is 0.255 e. The molecule has 0 radical (unpaired) electrons. The first-order chi connectivity index (χ1) is 8.04. The highest BCUT2D eigenvalue weighted by molar-refractivity contribution is 6.20. The molecule has 0 heterocycles. The average Bonchev–Trinajstić information content (AvgIpc) is 2.26. The minimum atomic E-state index is -0.583. The molecule has 1 aromatic rings. The van der Waals surface area contributed by atoms with E-state index in [-0.39, 0.29) is 16.7 Å². The zero-order valence-electron chi connectivity index (χ0n) is 9.54. The van der Waals surface area contributed by atoms with Crippen LogP contribution in [-0.2, 0) is 0 Å².